The summed E-state index contributed by atoms with van der Waals surface area (Å²) in [4.78, 5) is 37.7. The third-order valence-electron chi connectivity index (χ3n) is 4.41. The van der Waals surface area contributed by atoms with E-state index in [1.807, 2.05) is 0 Å². The number of nitrogens with one attached hydrogen (secondary N) is 2. The number of ether oxygens (including phenoxy) is 1. The molecule has 8 heteroatoms. The van der Waals surface area contributed by atoms with E-state index in [1.165, 1.54) is 12.1 Å². The summed E-state index contributed by atoms with van der Waals surface area (Å²) in [5.74, 6) is -0.0346. The lowest BCUT2D eigenvalue weighted by Gasteiger charge is -2.32. The molecular formula is C20H29N3O5. The topological polar surface area (TPSA) is 108 Å². The standard InChI is InChI=1S/C20H29N3O5/c1-20(2,3)28-19(27)22-13-17(25)23-9-7-14(8-10-23)12-21-18(26)15-5-4-6-16(24)11-15/h4-6,11,14,24H,7-10,12-13H2,1-3H3,(H,21,26)(H,22,27). The summed E-state index contributed by atoms with van der Waals surface area (Å²) in [6.45, 7) is 6.89. The summed E-state index contributed by atoms with van der Waals surface area (Å²) in [6, 6.07) is 6.21. The zero-order valence-corrected chi connectivity index (χ0v) is 16.7. The van der Waals surface area contributed by atoms with Gasteiger partial charge in [-0.3, -0.25) is 9.59 Å². The lowest BCUT2D eigenvalue weighted by atomic mass is 9.96. The number of benzene rings is 1. The van der Waals surface area contributed by atoms with Gasteiger partial charge in [0.25, 0.3) is 5.91 Å². The molecule has 0 aromatic heterocycles. The molecule has 1 aromatic rings. The Morgan fingerprint density at radius 2 is 1.86 bits per heavy atom. The average molecular weight is 391 g/mol. The lowest BCUT2D eigenvalue weighted by molar-refractivity contribution is -0.131. The second kappa shape index (κ2) is 9.43. The zero-order chi connectivity index (χ0) is 20.7. The molecule has 0 spiro atoms. The number of amides is 3. The minimum Gasteiger partial charge on any atom is -0.508 e. The molecule has 0 unspecified atom stereocenters. The Bertz CT molecular complexity index is 706. The average Bonchev–Trinajstić information content (AvgIpc) is 2.63. The Labute approximate surface area is 165 Å². The van der Waals surface area contributed by atoms with Gasteiger partial charge in [0.2, 0.25) is 5.91 Å². The maximum absolute atomic E-state index is 12.2. The maximum Gasteiger partial charge on any atom is 0.408 e. The first-order valence-corrected chi connectivity index (χ1v) is 9.46. The monoisotopic (exact) mass is 391 g/mol. The molecule has 2 rings (SSSR count). The van der Waals surface area contributed by atoms with Crippen LogP contribution in [0.3, 0.4) is 0 Å². The molecule has 0 saturated carbocycles. The summed E-state index contributed by atoms with van der Waals surface area (Å²) in [5, 5.41) is 14.8. The van der Waals surface area contributed by atoms with Crippen LogP contribution in [0, 0.1) is 5.92 Å². The van der Waals surface area contributed by atoms with E-state index in [1.54, 1.807) is 37.8 Å². The van der Waals surface area contributed by atoms with Gasteiger partial charge in [-0.05, 0) is 57.7 Å². The van der Waals surface area contributed by atoms with Crippen molar-refractivity contribution in [2.75, 3.05) is 26.2 Å². The number of likely N-dealkylation sites (tertiary alicyclic amines) is 1. The maximum atomic E-state index is 12.2. The second-order valence-corrected chi connectivity index (χ2v) is 7.94. The quantitative estimate of drug-likeness (QED) is 0.710. The molecule has 0 aliphatic carbocycles. The number of aromatic hydroxyl groups is 1. The number of carbonyl (C=O) groups is 3. The Kier molecular flexibility index (Phi) is 7.25. The van der Waals surface area contributed by atoms with E-state index in [0.717, 1.165) is 12.8 Å². The van der Waals surface area contributed by atoms with Crippen LogP contribution < -0.4 is 10.6 Å². The molecule has 1 aliphatic heterocycles. The highest BCUT2D eigenvalue weighted by Crippen LogP contribution is 2.17. The van der Waals surface area contributed by atoms with Gasteiger partial charge in [-0.15, -0.1) is 0 Å². The Morgan fingerprint density at radius 3 is 2.46 bits per heavy atom. The van der Waals surface area contributed by atoms with Gasteiger partial charge in [-0.2, -0.15) is 0 Å². The first-order chi connectivity index (χ1) is 13.1. The lowest BCUT2D eigenvalue weighted by Crippen LogP contribution is -2.46. The molecule has 28 heavy (non-hydrogen) atoms. The van der Waals surface area contributed by atoms with E-state index in [4.69, 9.17) is 4.74 Å². The minimum atomic E-state index is -0.606. The van der Waals surface area contributed by atoms with Crippen LogP contribution in [-0.2, 0) is 9.53 Å². The molecule has 1 heterocycles. The van der Waals surface area contributed by atoms with Crippen molar-refractivity contribution >= 4 is 17.9 Å². The molecule has 3 N–H and O–H groups in total. The van der Waals surface area contributed by atoms with Gasteiger partial charge in [0.15, 0.2) is 0 Å². The van der Waals surface area contributed by atoms with Crippen LogP contribution in [0.5, 0.6) is 5.75 Å². The molecule has 0 bridgehead atoms. The molecule has 1 saturated heterocycles. The predicted octanol–water partition coefficient (Wildman–Crippen LogP) is 1.89. The number of carbonyl (C=O) groups excluding carboxylic acids is 3. The van der Waals surface area contributed by atoms with E-state index < -0.39 is 11.7 Å². The van der Waals surface area contributed by atoms with Gasteiger partial charge < -0.3 is 25.4 Å². The first-order valence-electron chi connectivity index (χ1n) is 9.46. The van der Waals surface area contributed by atoms with Gasteiger partial charge in [0.05, 0.1) is 0 Å². The van der Waals surface area contributed by atoms with Gasteiger partial charge >= 0.3 is 6.09 Å². The number of rotatable bonds is 5. The fourth-order valence-corrected chi connectivity index (χ4v) is 2.95. The van der Waals surface area contributed by atoms with E-state index >= 15 is 0 Å². The van der Waals surface area contributed by atoms with Gasteiger partial charge in [-0.25, -0.2) is 4.79 Å². The minimum absolute atomic E-state index is 0.0551. The highest BCUT2D eigenvalue weighted by Gasteiger charge is 2.24. The number of phenols is 1. The number of phenolic OH excluding ortho intramolecular Hbond substituents is 1. The Morgan fingerprint density at radius 1 is 1.18 bits per heavy atom. The Hall–Kier alpha value is -2.77. The molecule has 0 radical (unpaired) electrons. The van der Waals surface area contributed by atoms with Gasteiger partial charge in [0, 0.05) is 25.2 Å². The van der Waals surface area contributed by atoms with Crippen LogP contribution in [-0.4, -0.2) is 59.7 Å². The molecule has 3 amide bonds. The summed E-state index contributed by atoms with van der Waals surface area (Å²) in [5.41, 5.74) is -0.185. The third kappa shape index (κ3) is 7.09. The fourth-order valence-electron chi connectivity index (χ4n) is 2.95. The number of hydrogen-bond donors (Lipinski definition) is 3. The van der Waals surface area contributed by atoms with E-state index in [-0.39, 0.29) is 30.0 Å². The third-order valence-corrected chi connectivity index (χ3v) is 4.41. The van der Waals surface area contributed by atoms with Gasteiger partial charge in [-0.1, -0.05) is 6.07 Å². The fraction of sp³-hybridized carbons (Fsp3) is 0.550. The molecule has 154 valence electrons. The highest BCUT2D eigenvalue weighted by atomic mass is 16.6. The number of piperidine rings is 1. The first kappa shape index (κ1) is 21.5. The SMILES string of the molecule is CC(C)(C)OC(=O)NCC(=O)N1CCC(CNC(=O)c2cccc(O)c2)CC1. The highest BCUT2D eigenvalue weighted by molar-refractivity contribution is 5.94. The van der Waals surface area contributed by atoms with E-state index in [0.29, 0.717) is 25.2 Å². The van der Waals surface area contributed by atoms with Crippen molar-refractivity contribution in [2.45, 2.75) is 39.2 Å². The van der Waals surface area contributed by atoms with Crippen LogP contribution in [0.1, 0.15) is 44.0 Å². The van der Waals surface area contributed by atoms with Crippen molar-refractivity contribution in [3.8, 4) is 5.75 Å². The molecule has 0 atom stereocenters. The van der Waals surface area contributed by atoms with Crippen molar-refractivity contribution in [3.05, 3.63) is 29.8 Å². The van der Waals surface area contributed by atoms with Crippen molar-refractivity contribution in [2.24, 2.45) is 5.92 Å². The predicted molar refractivity (Wildman–Crippen MR) is 104 cm³/mol. The number of hydrogen-bond acceptors (Lipinski definition) is 5. The van der Waals surface area contributed by atoms with Crippen LogP contribution >= 0.6 is 0 Å². The Balaban J connectivity index is 1.68. The molecule has 1 aromatic carbocycles. The molecule has 1 fully saturated rings. The van der Waals surface area contributed by atoms with Crippen molar-refractivity contribution < 1.29 is 24.2 Å². The van der Waals surface area contributed by atoms with Crippen LogP contribution in [0.4, 0.5) is 4.79 Å². The summed E-state index contributed by atoms with van der Waals surface area (Å²) in [6.07, 6.45) is 0.946. The summed E-state index contributed by atoms with van der Waals surface area (Å²) >= 11 is 0. The van der Waals surface area contributed by atoms with Crippen LogP contribution in [0.25, 0.3) is 0 Å². The second-order valence-electron chi connectivity index (χ2n) is 7.94. The van der Waals surface area contributed by atoms with E-state index in [9.17, 15) is 19.5 Å². The van der Waals surface area contributed by atoms with Crippen molar-refractivity contribution in [1.29, 1.82) is 0 Å². The number of nitrogens with zero attached hydrogens (tertiary/aromatic N) is 1. The summed E-state index contributed by atoms with van der Waals surface area (Å²) < 4.78 is 5.11. The summed E-state index contributed by atoms with van der Waals surface area (Å²) in [7, 11) is 0. The smallest absolute Gasteiger partial charge is 0.408 e. The van der Waals surface area contributed by atoms with Crippen molar-refractivity contribution in [1.82, 2.24) is 15.5 Å². The van der Waals surface area contributed by atoms with Crippen molar-refractivity contribution in [3.63, 3.8) is 0 Å². The normalized spacial score (nSPS) is 15.0. The largest absolute Gasteiger partial charge is 0.508 e. The van der Waals surface area contributed by atoms with Crippen LogP contribution in [0.2, 0.25) is 0 Å². The van der Waals surface area contributed by atoms with E-state index in [2.05, 4.69) is 10.6 Å². The zero-order valence-electron chi connectivity index (χ0n) is 16.7. The van der Waals surface area contributed by atoms with Crippen LogP contribution in [0.15, 0.2) is 24.3 Å². The molecular weight excluding hydrogens is 362 g/mol. The molecule has 1 aliphatic rings. The number of alkyl carbamates (subject to hydrolysis) is 1. The molecule has 8 nitrogen and oxygen atoms in total. The van der Waals surface area contributed by atoms with Gasteiger partial charge in [0.1, 0.15) is 17.9 Å².